The van der Waals surface area contributed by atoms with E-state index in [2.05, 4.69) is 10.2 Å². The lowest BCUT2D eigenvalue weighted by Gasteiger charge is -2.23. The number of H-pyrrole nitrogens is 1. The van der Waals surface area contributed by atoms with Gasteiger partial charge in [-0.1, -0.05) is 6.07 Å². The number of nitrogens with one attached hydrogen (secondary N) is 1. The van der Waals surface area contributed by atoms with Crippen molar-refractivity contribution in [2.45, 2.75) is 6.42 Å². The zero-order valence-electron chi connectivity index (χ0n) is 15.8. The first-order valence-electron chi connectivity index (χ1n) is 8.90. The molecule has 0 aliphatic carbocycles. The van der Waals surface area contributed by atoms with Gasteiger partial charge in [0.25, 0.3) is 17.4 Å². The average Bonchev–Trinajstić information content (AvgIpc) is 2.99. The highest BCUT2D eigenvalue weighted by molar-refractivity contribution is 6.00. The Balaban J connectivity index is 1.75. The maximum atomic E-state index is 13.1. The molecule has 0 bridgehead atoms. The summed E-state index contributed by atoms with van der Waals surface area (Å²) in [7, 11) is 3.01. The van der Waals surface area contributed by atoms with Crippen LogP contribution in [0.2, 0.25) is 0 Å². The van der Waals surface area contributed by atoms with E-state index in [1.54, 1.807) is 28.0 Å². The first kappa shape index (κ1) is 19.4. The maximum absolute atomic E-state index is 13.1. The van der Waals surface area contributed by atoms with Crippen LogP contribution in [0.15, 0.2) is 35.1 Å². The molecule has 1 aromatic carbocycles. The molecule has 1 saturated heterocycles. The summed E-state index contributed by atoms with van der Waals surface area (Å²) >= 11 is 0. The third-order valence-corrected chi connectivity index (χ3v) is 4.61. The Labute approximate surface area is 161 Å². The number of ether oxygens (including phenoxy) is 2. The Hall–Kier alpha value is -3.36. The molecule has 0 atom stereocenters. The van der Waals surface area contributed by atoms with Gasteiger partial charge in [0.2, 0.25) is 0 Å². The smallest absolute Gasteiger partial charge is 0.274 e. The van der Waals surface area contributed by atoms with E-state index in [-0.39, 0.29) is 23.1 Å². The number of hydrogen-bond donors (Lipinski definition) is 1. The highest BCUT2D eigenvalue weighted by atomic mass is 16.5. The van der Waals surface area contributed by atoms with Crippen molar-refractivity contribution in [1.82, 2.24) is 20.0 Å². The third kappa shape index (κ3) is 3.98. The maximum Gasteiger partial charge on any atom is 0.274 e. The Bertz CT molecular complexity index is 884. The molecule has 0 unspecified atom stereocenters. The predicted molar refractivity (Wildman–Crippen MR) is 101 cm³/mol. The molecule has 0 saturated carbocycles. The van der Waals surface area contributed by atoms with Gasteiger partial charge in [-0.25, -0.2) is 5.10 Å². The minimum atomic E-state index is -0.366. The van der Waals surface area contributed by atoms with Gasteiger partial charge in [0.05, 0.1) is 14.2 Å². The van der Waals surface area contributed by atoms with Crippen molar-refractivity contribution in [3.8, 4) is 11.5 Å². The lowest BCUT2D eigenvalue weighted by atomic mass is 10.1. The molecular formula is C19H22N4O5. The van der Waals surface area contributed by atoms with Crippen LogP contribution >= 0.6 is 0 Å². The number of methoxy groups -OCH3 is 2. The Morgan fingerprint density at radius 2 is 1.54 bits per heavy atom. The lowest BCUT2D eigenvalue weighted by Crippen LogP contribution is -2.38. The van der Waals surface area contributed by atoms with Crippen LogP contribution in [-0.4, -0.2) is 72.2 Å². The Morgan fingerprint density at radius 1 is 0.929 bits per heavy atom. The van der Waals surface area contributed by atoms with E-state index in [0.29, 0.717) is 49.7 Å². The first-order chi connectivity index (χ1) is 13.5. The number of carbonyl (C=O) groups excluding carboxylic acids is 2. The standard InChI is InChI=1S/C19H22N4O5/c1-27-14-5-3-6-15(28-2)17(14)19(26)23-10-4-9-22(11-12-23)18(25)13-7-8-16(24)21-20-13/h3,5-8H,4,9-12H2,1-2H3,(H,21,24). The van der Waals surface area contributed by atoms with E-state index in [4.69, 9.17) is 9.47 Å². The molecule has 1 aromatic heterocycles. The number of nitrogens with zero attached hydrogens (tertiary/aromatic N) is 3. The van der Waals surface area contributed by atoms with Crippen molar-refractivity contribution < 1.29 is 19.1 Å². The predicted octanol–water partition coefficient (Wildman–Crippen LogP) is 0.775. The van der Waals surface area contributed by atoms with Gasteiger partial charge in [-0.2, -0.15) is 5.10 Å². The van der Waals surface area contributed by atoms with Gasteiger partial charge >= 0.3 is 0 Å². The SMILES string of the molecule is COc1cccc(OC)c1C(=O)N1CCCN(C(=O)c2ccc(=O)[nH]n2)CC1. The summed E-state index contributed by atoms with van der Waals surface area (Å²) in [4.78, 5) is 40.2. The van der Waals surface area contributed by atoms with Crippen molar-refractivity contribution in [2.75, 3.05) is 40.4 Å². The van der Waals surface area contributed by atoms with Gasteiger partial charge in [-0.05, 0) is 24.6 Å². The molecule has 2 aromatic rings. The van der Waals surface area contributed by atoms with Gasteiger partial charge in [-0.15, -0.1) is 0 Å². The van der Waals surface area contributed by atoms with Crippen LogP contribution in [0.5, 0.6) is 11.5 Å². The normalized spacial score (nSPS) is 14.4. The number of hydrogen-bond acceptors (Lipinski definition) is 6. The number of amides is 2. The van der Waals surface area contributed by atoms with Crippen molar-refractivity contribution in [1.29, 1.82) is 0 Å². The summed E-state index contributed by atoms with van der Waals surface area (Å²) in [6.45, 7) is 1.73. The van der Waals surface area contributed by atoms with Gasteiger partial charge < -0.3 is 19.3 Å². The number of benzene rings is 1. The Morgan fingerprint density at radius 3 is 2.07 bits per heavy atom. The summed E-state index contributed by atoms with van der Waals surface area (Å²) < 4.78 is 10.7. The largest absolute Gasteiger partial charge is 0.496 e. The van der Waals surface area contributed by atoms with E-state index in [1.807, 2.05) is 0 Å². The monoisotopic (exact) mass is 386 g/mol. The van der Waals surface area contributed by atoms with Crippen molar-refractivity contribution in [3.05, 3.63) is 51.9 Å². The van der Waals surface area contributed by atoms with Crippen LogP contribution in [0, 0.1) is 0 Å². The minimum Gasteiger partial charge on any atom is -0.496 e. The van der Waals surface area contributed by atoms with E-state index < -0.39 is 0 Å². The minimum absolute atomic E-state index is 0.172. The van der Waals surface area contributed by atoms with Crippen LogP contribution in [0.25, 0.3) is 0 Å². The molecule has 9 heteroatoms. The molecule has 1 aliphatic heterocycles. The van der Waals surface area contributed by atoms with Crippen molar-refractivity contribution >= 4 is 11.8 Å². The van der Waals surface area contributed by atoms with E-state index in [9.17, 15) is 14.4 Å². The van der Waals surface area contributed by atoms with E-state index in [0.717, 1.165) is 0 Å². The summed E-state index contributed by atoms with van der Waals surface area (Å²) in [5.41, 5.74) is 0.176. The van der Waals surface area contributed by atoms with Gasteiger partial charge in [0.15, 0.2) is 0 Å². The lowest BCUT2D eigenvalue weighted by molar-refractivity contribution is 0.0711. The molecule has 1 fully saturated rings. The quantitative estimate of drug-likeness (QED) is 0.832. The molecule has 1 N–H and O–H groups in total. The zero-order valence-corrected chi connectivity index (χ0v) is 15.8. The topological polar surface area (TPSA) is 105 Å². The number of rotatable bonds is 4. The summed E-state index contributed by atoms with van der Waals surface area (Å²) in [5.74, 6) is 0.407. The van der Waals surface area contributed by atoms with Gasteiger partial charge in [0, 0.05) is 32.2 Å². The molecule has 0 radical (unpaired) electrons. The number of aromatic nitrogens is 2. The second-order valence-corrected chi connectivity index (χ2v) is 6.28. The summed E-state index contributed by atoms with van der Waals surface area (Å²) in [6, 6.07) is 7.85. The fourth-order valence-electron chi connectivity index (χ4n) is 3.17. The van der Waals surface area contributed by atoms with Crippen LogP contribution in [0.4, 0.5) is 0 Å². The fraction of sp³-hybridized carbons (Fsp3) is 0.368. The molecule has 2 amide bonds. The fourth-order valence-corrected chi connectivity index (χ4v) is 3.17. The molecule has 3 rings (SSSR count). The second-order valence-electron chi connectivity index (χ2n) is 6.28. The molecule has 9 nitrogen and oxygen atoms in total. The van der Waals surface area contributed by atoms with Crippen LogP contribution in [0.1, 0.15) is 27.3 Å². The highest BCUT2D eigenvalue weighted by Crippen LogP contribution is 2.29. The van der Waals surface area contributed by atoms with Crippen molar-refractivity contribution in [3.63, 3.8) is 0 Å². The van der Waals surface area contributed by atoms with Crippen LogP contribution in [0.3, 0.4) is 0 Å². The zero-order chi connectivity index (χ0) is 20.1. The molecule has 1 aliphatic rings. The average molecular weight is 386 g/mol. The van der Waals surface area contributed by atoms with E-state index in [1.165, 1.54) is 26.4 Å². The van der Waals surface area contributed by atoms with E-state index >= 15 is 0 Å². The third-order valence-electron chi connectivity index (χ3n) is 4.61. The van der Waals surface area contributed by atoms with Gasteiger partial charge in [0.1, 0.15) is 22.8 Å². The Kier molecular flexibility index (Phi) is 5.93. The van der Waals surface area contributed by atoms with Crippen LogP contribution in [-0.2, 0) is 0 Å². The second kappa shape index (κ2) is 8.55. The summed E-state index contributed by atoms with van der Waals surface area (Å²) in [5, 5.41) is 6.05. The molecule has 0 spiro atoms. The van der Waals surface area contributed by atoms with Crippen molar-refractivity contribution in [2.24, 2.45) is 0 Å². The number of aromatic amines is 1. The molecular weight excluding hydrogens is 364 g/mol. The van der Waals surface area contributed by atoms with Gasteiger partial charge in [-0.3, -0.25) is 14.4 Å². The molecule has 28 heavy (non-hydrogen) atoms. The molecule has 2 heterocycles. The molecule has 148 valence electrons. The first-order valence-corrected chi connectivity index (χ1v) is 8.90. The number of carbonyl (C=O) groups is 2. The summed E-state index contributed by atoms with van der Waals surface area (Å²) in [6.07, 6.45) is 0.623. The van der Waals surface area contributed by atoms with Crippen LogP contribution < -0.4 is 15.0 Å². The highest BCUT2D eigenvalue weighted by Gasteiger charge is 2.27.